The number of fused-ring (bicyclic) bond motifs is 1. The number of pyridine rings is 1. The molecule has 6 heteroatoms. The maximum Gasteiger partial charge on any atom is 0.236 e. The van der Waals surface area contributed by atoms with Gasteiger partial charge in [0.25, 0.3) is 0 Å². The maximum atomic E-state index is 11.8. The lowest BCUT2D eigenvalue weighted by Crippen LogP contribution is -2.41. The number of aromatic nitrogens is 1. The number of benzene rings is 1. The average molecular weight is 333 g/mol. The molecule has 0 fully saturated rings. The van der Waals surface area contributed by atoms with Gasteiger partial charge in [-0.2, -0.15) is 11.8 Å². The van der Waals surface area contributed by atoms with Crippen molar-refractivity contribution in [2.75, 3.05) is 25.2 Å². The summed E-state index contributed by atoms with van der Waals surface area (Å²) in [7, 11) is 0. The number of hydrogen-bond acceptors (Lipinski definition) is 5. The molecule has 124 valence electrons. The molecule has 1 heterocycles. The van der Waals surface area contributed by atoms with E-state index in [0.717, 1.165) is 28.8 Å². The number of nitrogens with zero attached hydrogens (tertiary/aromatic N) is 1. The number of hydrogen-bond donors (Lipinski definition) is 2. The summed E-state index contributed by atoms with van der Waals surface area (Å²) in [4.78, 5) is 16.1. The highest BCUT2D eigenvalue weighted by Crippen LogP contribution is 2.22. The second-order valence-electron chi connectivity index (χ2n) is 5.21. The number of amides is 1. The monoisotopic (exact) mass is 333 g/mol. The Kier molecular flexibility index (Phi) is 7.16. The van der Waals surface area contributed by atoms with Crippen molar-refractivity contribution in [1.82, 2.24) is 10.3 Å². The van der Waals surface area contributed by atoms with Crippen LogP contribution in [0.5, 0.6) is 5.75 Å². The van der Waals surface area contributed by atoms with Gasteiger partial charge in [-0.3, -0.25) is 9.78 Å². The number of thioether (sulfide) groups is 1. The van der Waals surface area contributed by atoms with E-state index in [1.807, 2.05) is 36.6 Å². The summed E-state index contributed by atoms with van der Waals surface area (Å²) in [6.45, 7) is 1.08. The third-order valence-electron chi connectivity index (χ3n) is 3.44. The van der Waals surface area contributed by atoms with E-state index in [9.17, 15) is 4.79 Å². The Hall–Kier alpha value is -1.79. The molecule has 0 spiro atoms. The van der Waals surface area contributed by atoms with Crippen molar-refractivity contribution < 1.29 is 9.53 Å². The zero-order valence-electron chi connectivity index (χ0n) is 13.3. The van der Waals surface area contributed by atoms with Gasteiger partial charge in [0.2, 0.25) is 5.91 Å². The Labute approximate surface area is 141 Å². The van der Waals surface area contributed by atoms with Crippen LogP contribution in [0.15, 0.2) is 36.5 Å². The van der Waals surface area contributed by atoms with E-state index in [-0.39, 0.29) is 5.91 Å². The number of carbonyl (C=O) groups excluding carboxylic acids is 1. The van der Waals surface area contributed by atoms with Crippen LogP contribution in [-0.2, 0) is 4.79 Å². The number of para-hydroxylation sites is 1. The average Bonchev–Trinajstić information content (AvgIpc) is 2.59. The summed E-state index contributed by atoms with van der Waals surface area (Å²) in [6, 6.07) is 9.35. The minimum Gasteiger partial charge on any atom is -0.491 e. The zero-order valence-corrected chi connectivity index (χ0v) is 14.1. The van der Waals surface area contributed by atoms with Gasteiger partial charge in [-0.25, -0.2) is 0 Å². The van der Waals surface area contributed by atoms with E-state index in [0.29, 0.717) is 19.6 Å². The van der Waals surface area contributed by atoms with Crippen molar-refractivity contribution in [3.05, 3.63) is 36.5 Å². The molecule has 0 aliphatic heterocycles. The standard InChI is InChI=1S/C17H23N3O2S/c1-23-12-8-14(18)17(21)20-10-4-11-22-15-7-2-5-13-6-3-9-19-16(13)15/h2-3,5-7,9,14H,4,8,10-12,18H2,1H3,(H,20,21)/t14-/m0/s1. The Morgan fingerprint density at radius 1 is 1.39 bits per heavy atom. The number of rotatable bonds is 9. The second kappa shape index (κ2) is 9.37. The summed E-state index contributed by atoms with van der Waals surface area (Å²) in [5.41, 5.74) is 6.67. The van der Waals surface area contributed by atoms with Crippen molar-refractivity contribution in [2.24, 2.45) is 5.73 Å². The van der Waals surface area contributed by atoms with Crippen molar-refractivity contribution >= 4 is 28.6 Å². The van der Waals surface area contributed by atoms with E-state index < -0.39 is 6.04 Å². The van der Waals surface area contributed by atoms with Crippen LogP contribution in [0, 0.1) is 0 Å². The molecular weight excluding hydrogens is 310 g/mol. The van der Waals surface area contributed by atoms with Crippen LogP contribution >= 0.6 is 11.8 Å². The quantitative estimate of drug-likeness (QED) is 0.688. The summed E-state index contributed by atoms with van der Waals surface area (Å²) >= 11 is 1.69. The van der Waals surface area contributed by atoms with E-state index in [4.69, 9.17) is 10.5 Å². The minimum atomic E-state index is -0.425. The van der Waals surface area contributed by atoms with E-state index in [2.05, 4.69) is 10.3 Å². The third kappa shape index (κ3) is 5.41. The maximum absolute atomic E-state index is 11.8. The lowest BCUT2D eigenvalue weighted by atomic mass is 10.2. The summed E-state index contributed by atoms with van der Waals surface area (Å²) in [6.07, 6.45) is 5.19. The van der Waals surface area contributed by atoms with E-state index >= 15 is 0 Å². The van der Waals surface area contributed by atoms with Crippen LogP contribution in [0.25, 0.3) is 10.9 Å². The van der Waals surface area contributed by atoms with Gasteiger partial charge in [0, 0.05) is 18.1 Å². The Balaban J connectivity index is 1.72. The first-order valence-electron chi connectivity index (χ1n) is 7.71. The Morgan fingerprint density at radius 2 is 2.22 bits per heavy atom. The van der Waals surface area contributed by atoms with E-state index in [1.54, 1.807) is 18.0 Å². The van der Waals surface area contributed by atoms with Crippen LogP contribution < -0.4 is 15.8 Å². The van der Waals surface area contributed by atoms with Gasteiger partial charge in [-0.15, -0.1) is 0 Å². The molecule has 1 aromatic heterocycles. The SMILES string of the molecule is CSCC[C@H](N)C(=O)NCCCOc1cccc2cccnc12. The molecule has 0 saturated carbocycles. The molecule has 5 nitrogen and oxygen atoms in total. The molecule has 2 rings (SSSR count). The van der Waals surface area contributed by atoms with Gasteiger partial charge in [0.15, 0.2) is 0 Å². The molecule has 0 radical (unpaired) electrons. The molecule has 2 aromatic rings. The molecule has 0 unspecified atom stereocenters. The highest BCUT2D eigenvalue weighted by molar-refractivity contribution is 7.98. The lowest BCUT2D eigenvalue weighted by Gasteiger charge is -2.12. The fraction of sp³-hybridized carbons (Fsp3) is 0.412. The molecule has 1 aromatic carbocycles. The highest BCUT2D eigenvalue weighted by Gasteiger charge is 2.11. The van der Waals surface area contributed by atoms with Gasteiger partial charge in [-0.1, -0.05) is 18.2 Å². The number of ether oxygens (including phenoxy) is 1. The predicted octanol–water partition coefficient (Wildman–Crippen LogP) is 2.20. The molecule has 1 amide bonds. The molecule has 0 saturated heterocycles. The lowest BCUT2D eigenvalue weighted by molar-refractivity contribution is -0.122. The molecular formula is C17H23N3O2S. The van der Waals surface area contributed by atoms with E-state index in [1.165, 1.54) is 0 Å². The number of carbonyl (C=O) groups is 1. The van der Waals surface area contributed by atoms with Crippen molar-refractivity contribution in [1.29, 1.82) is 0 Å². The molecule has 1 atom stereocenters. The molecule has 0 aliphatic carbocycles. The third-order valence-corrected chi connectivity index (χ3v) is 4.09. The smallest absolute Gasteiger partial charge is 0.236 e. The number of nitrogens with two attached hydrogens (primary N) is 1. The van der Waals surface area contributed by atoms with Crippen LogP contribution in [0.1, 0.15) is 12.8 Å². The van der Waals surface area contributed by atoms with Crippen molar-refractivity contribution in [3.8, 4) is 5.75 Å². The first kappa shape index (κ1) is 17.6. The van der Waals surface area contributed by atoms with Gasteiger partial charge in [0.1, 0.15) is 11.3 Å². The van der Waals surface area contributed by atoms with Gasteiger partial charge < -0.3 is 15.8 Å². The summed E-state index contributed by atoms with van der Waals surface area (Å²) < 4.78 is 5.78. The fourth-order valence-corrected chi connectivity index (χ4v) is 2.66. The summed E-state index contributed by atoms with van der Waals surface area (Å²) in [5.74, 6) is 1.57. The predicted molar refractivity (Wildman–Crippen MR) is 95.8 cm³/mol. The highest BCUT2D eigenvalue weighted by atomic mass is 32.2. The topological polar surface area (TPSA) is 77.2 Å². The van der Waals surface area contributed by atoms with Crippen molar-refractivity contribution in [3.63, 3.8) is 0 Å². The first-order chi connectivity index (χ1) is 11.2. The number of nitrogens with one attached hydrogen (secondary N) is 1. The Bertz CT molecular complexity index is 631. The minimum absolute atomic E-state index is 0.0918. The van der Waals surface area contributed by atoms with Gasteiger partial charge in [0.05, 0.1) is 12.6 Å². The van der Waals surface area contributed by atoms with Gasteiger partial charge in [-0.05, 0) is 37.0 Å². The van der Waals surface area contributed by atoms with Crippen LogP contribution in [0.3, 0.4) is 0 Å². The molecule has 0 aliphatic rings. The molecule has 0 bridgehead atoms. The fourth-order valence-electron chi connectivity index (χ4n) is 2.17. The van der Waals surface area contributed by atoms with Crippen LogP contribution in [0.4, 0.5) is 0 Å². The van der Waals surface area contributed by atoms with Gasteiger partial charge >= 0.3 is 0 Å². The second-order valence-corrected chi connectivity index (χ2v) is 6.20. The van der Waals surface area contributed by atoms with Crippen LogP contribution in [0.2, 0.25) is 0 Å². The molecule has 23 heavy (non-hydrogen) atoms. The van der Waals surface area contributed by atoms with Crippen LogP contribution in [-0.4, -0.2) is 42.1 Å². The largest absolute Gasteiger partial charge is 0.491 e. The normalized spacial score (nSPS) is 12.1. The van der Waals surface area contributed by atoms with Crippen molar-refractivity contribution in [2.45, 2.75) is 18.9 Å². The Morgan fingerprint density at radius 3 is 3.04 bits per heavy atom. The first-order valence-corrected chi connectivity index (χ1v) is 9.10. The summed E-state index contributed by atoms with van der Waals surface area (Å²) in [5, 5.41) is 3.90. The molecule has 3 N–H and O–H groups in total. The zero-order chi connectivity index (χ0) is 16.5.